The van der Waals surface area contributed by atoms with Crippen molar-refractivity contribution in [2.75, 3.05) is 0 Å². The largest absolute Gasteiger partial charge is 0.420 e. The smallest absolute Gasteiger partial charge is 0.246 e. The van der Waals surface area contributed by atoms with Gasteiger partial charge in [0.2, 0.25) is 11.8 Å². The van der Waals surface area contributed by atoms with Crippen molar-refractivity contribution in [3.8, 4) is 17.8 Å². The highest BCUT2D eigenvalue weighted by Crippen LogP contribution is 2.43. The van der Waals surface area contributed by atoms with Crippen LogP contribution in [0.2, 0.25) is 0 Å². The molecule has 1 aliphatic rings. The fraction of sp³-hybridized carbons (Fsp3) is 0.0526. The van der Waals surface area contributed by atoms with Crippen molar-refractivity contribution >= 4 is 11.0 Å². The van der Waals surface area contributed by atoms with Gasteiger partial charge in [-0.05, 0) is 17.7 Å². The molecule has 8 nitrogen and oxygen atoms in total. The number of hydrogen-bond donors (Lipinski definition) is 2. The van der Waals surface area contributed by atoms with E-state index in [2.05, 4.69) is 26.6 Å². The van der Waals surface area contributed by atoms with Gasteiger partial charge in [-0.25, -0.2) is 0 Å². The van der Waals surface area contributed by atoms with Crippen molar-refractivity contribution in [3.63, 3.8) is 0 Å². The minimum Gasteiger partial charge on any atom is -0.420 e. The third-order valence-corrected chi connectivity index (χ3v) is 4.62. The van der Waals surface area contributed by atoms with Crippen molar-refractivity contribution in [1.29, 1.82) is 5.26 Å². The first-order valence-electron chi connectivity index (χ1n) is 8.29. The highest BCUT2D eigenvalue weighted by Gasteiger charge is 2.36. The molecule has 0 bridgehead atoms. The van der Waals surface area contributed by atoms with E-state index in [9.17, 15) is 5.26 Å². The van der Waals surface area contributed by atoms with Gasteiger partial charge in [0.25, 0.3) is 0 Å². The summed E-state index contributed by atoms with van der Waals surface area (Å²) in [6.07, 6.45) is 0. The number of nitriles is 1. The van der Waals surface area contributed by atoms with E-state index in [4.69, 9.17) is 10.5 Å². The lowest BCUT2D eigenvalue weighted by Gasteiger charge is -2.23. The molecule has 0 spiro atoms. The highest BCUT2D eigenvalue weighted by atomic mass is 16.5. The van der Waals surface area contributed by atoms with E-state index in [1.165, 1.54) is 0 Å². The Bertz CT molecular complexity index is 1230. The summed E-state index contributed by atoms with van der Waals surface area (Å²) in [7, 11) is 0. The van der Waals surface area contributed by atoms with Gasteiger partial charge in [-0.15, -0.1) is 10.2 Å². The number of aromatic nitrogens is 5. The number of allylic oxidation sites excluding steroid dienone is 1. The van der Waals surface area contributed by atoms with Gasteiger partial charge in [-0.1, -0.05) is 47.7 Å². The minimum atomic E-state index is -0.420. The van der Waals surface area contributed by atoms with Crippen molar-refractivity contribution in [1.82, 2.24) is 25.2 Å². The van der Waals surface area contributed by atoms with Gasteiger partial charge in [-0.2, -0.15) is 9.94 Å². The number of nitrogens with one attached hydrogen (secondary N) is 1. The van der Waals surface area contributed by atoms with Crippen LogP contribution in [0.4, 0.5) is 0 Å². The minimum absolute atomic E-state index is 0.0559. The Labute approximate surface area is 153 Å². The normalized spacial score (nSPS) is 16.0. The van der Waals surface area contributed by atoms with E-state index in [-0.39, 0.29) is 5.88 Å². The van der Waals surface area contributed by atoms with E-state index in [1.807, 2.05) is 54.6 Å². The predicted octanol–water partition coefficient (Wildman–Crippen LogP) is 2.36. The fourth-order valence-corrected chi connectivity index (χ4v) is 3.40. The molecule has 8 heteroatoms. The topological polar surface area (TPSA) is 118 Å². The lowest BCUT2D eigenvalue weighted by atomic mass is 9.85. The molecule has 0 fully saturated rings. The zero-order valence-electron chi connectivity index (χ0n) is 14.0. The molecule has 4 aromatic rings. The van der Waals surface area contributed by atoms with Crippen LogP contribution in [0, 0.1) is 11.3 Å². The van der Waals surface area contributed by atoms with E-state index in [0.717, 1.165) is 16.6 Å². The molecular weight excluding hydrogens is 342 g/mol. The summed E-state index contributed by atoms with van der Waals surface area (Å²) < 4.78 is 7.27. The zero-order valence-corrected chi connectivity index (χ0v) is 14.0. The van der Waals surface area contributed by atoms with Crippen LogP contribution in [0.25, 0.3) is 16.9 Å². The molecule has 2 aromatic carbocycles. The summed E-state index contributed by atoms with van der Waals surface area (Å²) in [4.78, 5) is 0. The van der Waals surface area contributed by atoms with Gasteiger partial charge in [0.1, 0.15) is 17.2 Å². The summed E-state index contributed by atoms with van der Waals surface area (Å²) in [6, 6.07) is 19.4. The molecule has 2 aromatic heterocycles. The highest BCUT2D eigenvalue weighted by molar-refractivity contribution is 5.76. The molecule has 0 aliphatic carbocycles. The Hall–Kier alpha value is -4.12. The molecule has 1 aliphatic heterocycles. The molecule has 130 valence electrons. The number of benzene rings is 2. The Balaban J connectivity index is 1.78. The summed E-state index contributed by atoms with van der Waals surface area (Å²) in [5.74, 6) is 0.555. The number of para-hydroxylation sites is 1. The number of nitrogens with two attached hydrogens (primary N) is 1. The molecule has 27 heavy (non-hydrogen) atoms. The van der Waals surface area contributed by atoms with E-state index < -0.39 is 5.92 Å². The van der Waals surface area contributed by atoms with E-state index in [0.29, 0.717) is 22.8 Å². The monoisotopic (exact) mass is 355 g/mol. The number of fused-ring (bicyclic) bond motifs is 2. The Morgan fingerprint density at radius 2 is 1.89 bits per heavy atom. The van der Waals surface area contributed by atoms with E-state index >= 15 is 0 Å². The molecule has 0 amide bonds. The summed E-state index contributed by atoms with van der Waals surface area (Å²) in [5.41, 5.74) is 9.51. The molecule has 1 atom stereocenters. The molecule has 0 saturated heterocycles. The number of aromatic amines is 1. The van der Waals surface area contributed by atoms with Crippen LogP contribution in [0.3, 0.4) is 0 Å². The van der Waals surface area contributed by atoms with Crippen LogP contribution in [0.5, 0.6) is 5.88 Å². The van der Waals surface area contributed by atoms with Crippen molar-refractivity contribution < 1.29 is 4.74 Å². The van der Waals surface area contributed by atoms with Crippen molar-refractivity contribution in [2.45, 2.75) is 5.92 Å². The number of hydrogen-bond acceptors (Lipinski definition) is 6. The molecule has 1 unspecified atom stereocenters. The second kappa shape index (κ2) is 5.71. The maximum absolute atomic E-state index is 9.72. The first-order valence-corrected chi connectivity index (χ1v) is 8.29. The Morgan fingerprint density at radius 1 is 1.11 bits per heavy atom. The summed E-state index contributed by atoms with van der Waals surface area (Å²) >= 11 is 0. The fourth-order valence-electron chi connectivity index (χ4n) is 3.40. The molecule has 3 heterocycles. The molecule has 5 rings (SSSR count). The Kier molecular flexibility index (Phi) is 3.20. The second-order valence-electron chi connectivity index (χ2n) is 6.12. The van der Waals surface area contributed by atoms with Crippen LogP contribution >= 0.6 is 0 Å². The summed E-state index contributed by atoms with van der Waals surface area (Å²) in [6.45, 7) is 0. The third kappa shape index (κ3) is 2.19. The first-order chi connectivity index (χ1) is 13.3. The third-order valence-electron chi connectivity index (χ3n) is 4.62. The number of H-pyrrole nitrogens is 1. The number of ether oxygens (including phenoxy) is 1. The number of nitrogens with zero attached hydrogens (tertiary/aromatic N) is 5. The van der Waals surface area contributed by atoms with Crippen molar-refractivity contribution in [2.24, 2.45) is 5.73 Å². The van der Waals surface area contributed by atoms with Crippen molar-refractivity contribution in [3.05, 3.63) is 77.2 Å². The van der Waals surface area contributed by atoms with Gasteiger partial charge >= 0.3 is 0 Å². The van der Waals surface area contributed by atoms with Crippen LogP contribution in [-0.2, 0) is 0 Å². The van der Waals surface area contributed by atoms with Gasteiger partial charge in [0, 0.05) is 0 Å². The van der Waals surface area contributed by atoms with E-state index in [1.54, 1.807) is 4.68 Å². The lowest BCUT2D eigenvalue weighted by Crippen LogP contribution is -2.21. The predicted molar refractivity (Wildman–Crippen MR) is 96.8 cm³/mol. The standard InChI is InChI=1S/C19H13N7O/c20-10-12-15(11-6-2-1-3-7-11)16-18(23-24-19(16)27-17(12)21)26-14-9-5-4-8-13(14)22-25-26/h1-9,15H,21H2,(H,23,24). The second-order valence-corrected chi connectivity index (χ2v) is 6.12. The lowest BCUT2D eigenvalue weighted by molar-refractivity contribution is 0.379. The van der Waals surface area contributed by atoms with Crippen LogP contribution in [0.1, 0.15) is 17.0 Å². The van der Waals surface area contributed by atoms with Gasteiger partial charge in [0.15, 0.2) is 5.82 Å². The SMILES string of the molecule is N#CC1=C(N)Oc2n[nH]c(-n3nnc4ccccc43)c2C1c1ccccc1. The van der Waals surface area contributed by atoms with Gasteiger partial charge < -0.3 is 10.5 Å². The molecule has 3 N–H and O–H groups in total. The van der Waals surface area contributed by atoms with Gasteiger partial charge in [0.05, 0.1) is 17.0 Å². The molecule has 0 saturated carbocycles. The molecular formula is C19H13N7O. The average Bonchev–Trinajstić information content (AvgIpc) is 3.31. The number of rotatable bonds is 2. The van der Waals surface area contributed by atoms with Crippen LogP contribution in [0.15, 0.2) is 66.1 Å². The zero-order chi connectivity index (χ0) is 18.4. The summed E-state index contributed by atoms with van der Waals surface area (Å²) in [5, 5.41) is 25.4. The maximum Gasteiger partial charge on any atom is 0.246 e. The Morgan fingerprint density at radius 3 is 2.70 bits per heavy atom. The first kappa shape index (κ1) is 15.2. The van der Waals surface area contributed by atoms with Gasteiger partial charge in [-0.3, -0.25) is 5.10 Å². The molecule has 0 radical (unpaired) electrons. The average molecular weight is 355 g/mol. The maximum atomic E-state index is 9.72. The van der Waals surface area contributed by atoms with Crippen LogP contribution < -0.4 is 10.5 Å². The quantitative estimate of drug-likeness (QED) is 0.570. The van der Waals surface area contributed by atoms with Crippen LogP contribution in [-0.4, -0.2) is 25.2 Å².